The zero-order valence-electron chi connectivity index (χ0n) is 8.96. The number of nitrogens with two attached hydrogens (primary N) is 1. The lowest BCUT2D eigenvalue weighted by molar-refractivity contribution is -0.384. The van der Waals surface area contributed by atoms with E-state index >= 15 is 0 Å². The van der Waals surface area contributed by atoms with Gasteiger partial charge in [0.15, 0.2) is 0 Å². The van der Waals surface area contributed by atoms with E-state index in [1.807, 2.05) is 0 Å². The summed E-state index contributed by atoms with van der Waals surface area (Å²) >= 11 is 0. The smallest absolute Gasteiger partial charge is 0.269 e. The first-order valence-electron chi connectivity index (χ1n) is 4.83. The molecule has 1 aromatic rings. The third-order valence-electron chi connectivity index (χ3n) is 1.90. The molecule has 5 nitrogen and oxygen atoms in total. The Bertz CT molecular complexity index is 407. The lowest BCUT2D eigenvalue weighted by Gasteiger charge is -2.05. The Morgan fingerprint density at radius 1 is 1.56 bits per heavy atom. The molecule has 1 rings (SSSR count). The predicted molar refractivity (Wildman–Crippen MR) is 63.5 cm³/mol. The fourth-order valence-electron chi connectivity index (χ4n) is 1.30. The highest BCUT2D eigenvalue weighted by molar-refractivity contribution is 7.84. The van der Waals surface area contributed by atoms with Crippen LogP contribution in [0.2, 0.25) is 0 Å². The van der Waals surface area contributed by atoms with Crippen LogP contribution in [0.1, 0.15) is 12.5 Å². The van der Waals surface area contributed by atoms with Gasteiger partial charge in [0.1, 0.15) is 0 Å². The van der Waals surface area contributed by atoms with Gasteiger partial charge in [-0.3, -0.25) is 14.3 Å². The standard InChI is InChI=1S/C10H14N2O3S/c1-8(11)6-16(15)7-9-3-2-4-10(5-9)12(13)14/h2-5,8H,6-7,11H2,1H3. The number of nitrogens with zero attached hydrogens (tertiary/aromatic N) is 1. The first-order chi connectivity index (χ1) is 7.49. The monoisotopic (exact) mass is 242 g/mol. The summed E-state index contributed by atoms with van der Waals surface area (Å²) < 4.78 is 11.6. The molecule has 0 saturated heterocycles. The summed E-state index contributed by atoms with van der Waals surface area (Å²) in [5.41, 5.74) is 6.25. The van der Waals surface area contributed by atoms with Crippen LogP contribution < -0.4 is 5.73 Å². The van der Waals surface area contributed by atoms with Crippen molar-refractivity contribution in [2.24, 2.45) is 5.73 Å². The quantitative estimate of drug-likeness (QED) is 0.620. The number of hydrogen-bond donors (Lipinski definition) is 1. The van der Waals surface area contributed by atoms with Crippen LogP contribution in [0.3, 0.4) is 0 Å². The molecule has 0 amide bonds. The van der Waals surface area contributed by atoms with Crippen LogP contribution in [0, 0.1) is 10.1 Å². The molecular formula is C10H14N2O3S. The van der Waals surface area contributed by atoms with Gasteiger partial charge < -0.3 is 5.73 Å². The van der Waals surface area contributed by atoms with E-state index in [9.17, 15) is 14.3 Å². The molecule has 2 N–H and O–H groups in total. The van der Waals surface area contributed by atoms with E-state index in [4.69, 9.17) is 5.73 Å². The summed E-state index contributed by atoms with van der Waals surface area (Å²) in [6.07, 6.45) is 0. The van der Waals surface area contributed by atoms with Gasteiger partial charge in [-0.15, -0.1) is 0 Å². The molecule has 16 heavy (non-hydrogen) atoms. The fraction of sp³-hybridized carbons (Fsp3) is 0.400. The van der Waals surface area contributed by atoms with Gasteiger partial charge >= 0.3 is 0 Å². The molecule has 0 fully saturated rings. The summed E-state index contributed by atoms with van der Waals surface area (Å²) in [4.78, 5) is 10.1. The molecule has 0 heterocycles. The molecule has 2 unspecified atom stereocenters. The fourth-order valence-corrected chi connectivity index (χ4v) is 2.55. The Kier molecular flexibility index (Phi) is 4.57. The number of hydrogen-bond acceptors (Lipinski definition) is 4. The number of rotatable bonds is 5. The summed E-state index contributed by atoms with van der Waals surface area (Å²) in [6, 6.07) is 6.05. The Hall–Kier alpha value is -1.27. The minimum atomic E-state index is -1.07. The summed E-state index contributed by atoms with van der Waals surface area (Å²) in [6.45, 7) is 1.78. The maximum atomic E-state index is 11.6. The minimum absolute atomic E-state index is 0.0234. The molecule has 0 bridgehead atoms. The Morgan fingerprint density at radius 2 is 2.25 bits per heavy atom. The van der Waals surface area contributed by atoms with Crippen molar-refractivity contribution < 1.29 is 9.13 Å². The van der Waals surface area contributed by atoms with Crippen LogP contribution in [0.4, 0.5) is 5.69 Å². The average molecular weight is 242 g/mol. The number of benzene rings is 1. The van der Waals surface area contributed by atoms with Gasteiger partial charge in [-0.2, -0.15) is 0 Å². The van der Waals surface area contributed by atoms with Crippen LogP contribution in [0.15, 0.2) is 24.3 Å². The van der Waals surface area contributed by atoms with E-state index in [1.165, 1.54) is 12.1 Å². The Balaban J connectivity index is 2.70. The highest BCUT2D eigenvalue weighted by Crippen LogP contribution is 2.14. The topological polar surface area (TPSA) is 86.2 Å². The lowest BCUT2D eigenvalue weighted by atomic mass is 10.2. The molecule has 0 spiro atoms. The van der Waals surface area contributed by atoms with Gasteiger partial charge in [-0.1, -0.05) is 12.1 Å². The Morgan fingerprint density at radius 3 is 2.81 bits per heavy atom. The van der Waals surface area contributed by atoms with Crippen molar-refractivity contribution in [2.45, 2.75) is 18.7 Å². The van der Waals surface area contributed by atoms with Crippen molar-refractivity contribution in [3.8, 4) is 0 Å². The second-order valence-corrected chi connectivity index (χ2v) is 5.16. The van der Waals surface area contributed by atoms with Crippen molar-refractivity contribution in [2.75, 3.05) is 5.75 Å². The highest BCUT2D eigenvalue weighted by Gasteiger charge is 2.09. The molecular weight excluding hydrogens is 228 g/mol. The van der Waals surface area contributed by atoms with Crippen molar-refractivity contribution in [1.82, 2.24) is 0 Å². The van der Waals surface area contributed by atoms with Gasteiger partial charge in [0.2, 0.25) is 0 Å². The maximum Gasteiger partial charge on any atom is 0.269 e. The molecule has 6 heteroatoms. The van der Waals surface area contributed by atoms with E-state index < -0.39 is 15.7 Å². The molecule has 0 aromatic heterocycles. The SMILES string of the molecule is CC(N)CS(=O)Cc1cccc([N+](=O)[O-])c1. The maximum absolute atomic E-state index is 11.6. The van der Waals surface area contributed by atoms with Crippen LogP contribution in [-0.4, -0.2) is 20.9 Å². The highest BCUT2D eigenvalue weighted by atomic mass is 32.2. The lowest BCUT2D eigenvalue weighted by Crippen LogP contribution is -2.23. The van der Waals surface area contributed by atoms with Crippen LogP contribution in [0.5, 0.6) is 0 Å². The zero-order chi connectivity index (χ0) is 12.1. The number of nitro groups is 1. The third-order valence-corrected chi connectivity index (χ3v) is 3.45. The molecule has 1 aromatic carbocycles. The minimum Gasteiger partial charge on any atom is -0.327 e. The predicted octanol–water partition coefficient (Wildman–Crippen LogP) is 1.19. The molecule has 0 radical (unpaired) electrons. The van der Waals surface area contributed by atoms with Gasteiger partial charge in [-0.25, -0.2) is 0 Å². The molecule has 2 atom stereocenters. The summed E-state index contributed by atoms with van der Waals surface area (Å²) in [7, 11) is -1.07. The average Bonchev–Trinajstić information content (AvgIpc) is 2.16. The van der Waals surface area contributed by atoms with Crippen molar-refractivity contribution >= 4 is 16.5 Å². The first kappa shape index (κ1) is 12.8. The van der Waals surface area contributed by atoms with Crippen LogP contribution in [-0.2, 0) is 16.6 Å². The number of non-ortho nitro benzene ring substituents is 1. The third kappa shape index (κ3) is 4.08. The molecule has 0 aliphatic rings. The van der Waals surface area contributed by atoms with Crippen LogP contribution >= 0.6 is 0 Å². The van der Waals surface area contributed by atoms with Crippen molar-refractivity contribution in [1.29, 1.82) is 0 Å². The molecule has 88 valence electrons. The van der Waals surface area contributed by atoms with E-state index in [0.717, 1.165) is 0 Å². The van der Waals surface area contributed by atoms with E-state index in [0.29, 0.717) is 17.1 Å². The van der Waals surface area contributed by atoms with Crippen molar-refractivity contribution in [3.05, 3.63) is 39.9 Å². The zero-order valence-corrected chi connectivity index (χ0v) is 9.78. The van der Waals surface area contributed by atoms with Gasteiger partial charge in [0, 0.05) is 40.5 Å². The number of nitro benzene ring substituents is 1. The van der Waals surface area contributed by atoms with Crippen LogP contribution in [0.25, 0.3) is 0 Å². The van der Waals surface area contributed by atoms with E-state index in [2.05, 4.69) is 0 Å². The Labute approximate surface area is 96.3 Å². The van der Waals surface area contributed by atoms with Gasteiger partial charge in [0.05, 0.1) is 4.92 Å². The second-order valence-electron chi connectivity index (χ2n) is 3.66. The van der Waals surface area contributed by atoms with Gasteiger partial charge in [-0.05, 0) is 12.5 Å². The summed E-state index contributed by atoms with van der Waals surface area (Å²) in [5.74, 6) is 0.714. The molecule has 0 aliphatic carbocycles. The van der Waals surface area contributed by atoms with E-state index in [-0.39, 0.29) is 11.7 Å². The molecule has 0 saturated carbocycles. The van der Waals surface area contributed by atoms with Crippen molar-refractivity contribution in [3.63, 3.8) is 0 Å². The summed E-state index contributed by atoms with van der Waals surface area (Å²) in [5, 5.41) is 10.5. The van der Waals surface area contributed by atoms with E-state index in [1.54, 1.807) is 19.1 Å². The largest absolute Gasteiger partial charge is 0.327 e. The normalized spacial score (nSPS) is 14.4. The second kappa shape index (κ2) is 5.72. The van der Waals surface area contributed by atoms with Gasteiger partial charge in [0.25, 0.3) is 5.69 Å². The first-order valence-corrected chi connectivity index (χ1v) is 6.31. The molecule has 0 aliphatic heterocycles.